The molecule has 0 aliphatic rings. The molecule has 0 radical (unpaired) electrons. The molecule has 0 aliphatic carbocycles. The quantitative estimate of drug-likeness (QED) is 0.600. The van der Waals surface area contributed by atoms with Crippen molar-refractivity contribution in [2.24, 2.45) is 5.10 Å². The number of hydrazone groups is 1. The van der Waals surface area contributed by atoms with Gasteiger partial charge in [0.2, 0.25) is 0 Å². The van der Waals surface area contributed by atoms with Gasteiger partial charge in [0, 0.05) is 5.56 Å². The summed E-state index contributed by atoms with van der Waals surface area (Å²) in [6, 6.07) is 12.4. The SMILES string of the molecule is O=C(COc1ccccc1Br)NN=Cc1c(Cl)cccc1Cl. The minimum Gasteiger partial charge on any atom is -0.483 e. The van der Waals surface area contributed by atoms with E-state index in [-0.39, 0.29) is 6.61 Å². The van der Waals surface area contributed by atoms with Crippen LogP contribution >= 0.6 is 39.1 Å². The van der Waals surface area contributed by atoms with E-state index in [1.165, 1.54) is 6.21 Å². The fourth-order valence-corrected chi connectivity index (χ4v) is 2.43. The first-order valence-electron chi connectivity index (χ1n) is 6.21. The second kappa shape index (κ2) is 8.17. The molecule has 0 bridgehead atoms. The molecule has 0 fully saturated rings. The van der Waals surface area contributed by atoms with E-state index in [1.54, 1.807) is 24.3 Å². The van der Waals surface area contributed by atoms with Crippen molar-refractivity contribution >= 4 is 51.3 Å². The van der Waals surface area contributed by atoms with Crippen molar-refractivity contribution in [1.82, 2.24) is 5.43 Å². The van der Waals surface area contributed by atoms with E-state index in [1.807, 2.05) is 18.2 Å². The van der Waals surface area contributed by atoms with Gasteiger partial charge in [-0.25, -0.2) is 5.43 Å². The van der Waals surface area contributed by atoms with Gasteiger partial charge in [-0.2, -0.15) is 5.10 Å². The topological polar surface area (TPSA) is 50.7 Å². The lowest BCUT2D eigenvalue weighted by atomic mass is 10.2. The second-order valence-corrected chi connectivity index (χ2v) is 5.82. The van der Waals surface area contributed by atoms with Crippen molar-refractivity contribution in [1.29, 1.82) is 0 Å². The Kier molecular flexibility index (Phi) is 6.24. The predicted octanol–water partition coefficient (Wildman–Crippen LogP) is 4.29. The molecular formula is C15H11BrCl2N2O2. The molecule has 1 amide bonds. The van der Waals surface area contributed by atoms with Crippen molar-refractivity contribution in [3.05, 3.63) is 62.5 Å². The van der Waals surface area contributed by atoms with Crippen LogP contribution in [0.2, 0.25) is 10.0 Å². The van der Waals surface area contributed by atoms with E-state index in [2.05, 4.69) is 26.5 Å². The van der Waals surface area contributed by atoms with Crippen LogP contribution in [0.4, 0.5) is 0 Å². The van der Waals surface area contributed by atoms with Crippen molar-refractivity contribution in [2.75, 3.05) is 6.61 Å². The summed E-state index contributed by atoms with van der Waals surface area (Å²) in [5, 5.41) is 4.72. The molecule has 2 aromatic carbocycles. The molecule has 0 aliphatic heterocycles. The number of carbonyl (C=O) groups is 1. The van der Waals surface area contributed by atoms with Gasteiger partial charge in [0.05, 0.1) is 20.7 Å². The largest absolute Gasteiger partial charge is 0.483 e. The Morgan fingerprint density at radius 3 is 2.55 bits per heavy atom. The third-order valence-electron chi connectivity index (χ3n) is 2.58. The number of benzene rings is 2. The maximum atomic E-state index is 11.7. The van der Waals surface area contributed by atoms with Gasteiger partial charge in [0.25, 0.3) is 5.91 Å². The Hall–Kier alpha value is -1.56. The van der Waals surface area contributed by atoms with Gasteiger partial charge in [0.1, 0.15) is 5.75 Å². The Bertz CT molecular complexity index is 687. The van der Waals surface area contributed by atoms with Crippen LogP contribution < -0.4 is 10.2 Å². The first-order valence-corrected chi connectivity index (χ1v) is 7.76. The van der Waals surface area contributed by atoms with Crippen LogP contribution in [0.1, 0.15) is 5.56 Å². The van der Waals surface area contributed by atoms with Crippen molar-refractivity contribution in [3.63, 3.8) is 0 Å². The van der Waals surface area contributed by atoms with E-state index in [4.69, 9.17) is 27.9 Å². The van der Waals surface area contributed by atoms with Crippen LogP contribution in [-0.2, 0) is 4.79 Å². The maximum Gasteiger partial charge on any atom is 0.277 e. The van der Waals surface area contributed by atoms with Crippen LogP contribution in [-0.4, -0.2) is 18.7 Å². The van der Waals surface area contributed by atoms with Crippen molar-refractivity contribution in [2.45, 2.75) is 0 Å². The van der Waals surface area contributed by atoms with Gasteiger partial charge in [-0.15, -0.1) is 0 Å². The molecule has 0 spiro atoms. The molecule has 2 aromatic rings. The molecule has 114 valence electrons. The highest BCUT2D eigenvalue weighted by Gasteiger charge is 2.05. The first kappa shape index (κ1) is 16.8. The summed E-state index contributed by atoms with van der Waals surface area (Å²) in [5.41, 5.74) is 2.89. The van der Waals surface area contributed by atoms with Crippen LogP contribution in [0, 0.1) is 0 Å². The average Bonchev–Trinajstić information content (AvgIpc) is 2.49. The van der Waals surface area contributed by atoms with Gasteiger partial charge < -0.3 is 4.74 Å². The van der Waals surface area contributed by atoms with Crippen molar-refractivity contribution < 1.29 is 9.53 Å². The maximum absolute atomic E-state index is 11.7. The molecule has 0 aromatic heterocycles. The van der Waals surface area contributed by atoms with Crippen LogP contribution in [0.5, 0.6) is 5.75 Å². The minimum atomic E-state index is -0.393. The highest BCUT2D eigenvalue weighted by Crippen LogP contribution is 2.23. The molecule has 0 saturated carbocycles. The number of para-hydroxylation sites is 1. The third-order valence-corrected chi connectivity index (χ3v) is 3.89. The van der Waals surface area contributed by atoms with Gasteiger partial charge in [-0.05, 0) is 40.2 Å². The number of carbonyl (C=O) groups excluding carboxylic acids is 1. The van der Waals surface area contributed by atoms with E-state index < -0.39 is 5.91 Å². The molecule has 0 atom stereocenters. The molecule has 0 unspecified atom stereocenters. The van der Waals surface area contributed by atoms with E-state index in [0.29, 0.717) is 21.4 Å². The summed E-state index contributed by atoms with van der Waals surface area (Å²) in [6.45, 7) is -0.157. The monoisotopic (exact) mass is 400 g/mol. The summed E-state index contributed by atoms with van der Waals surface area (Å²) in [7, 11) is 0. The zero-order valence-electron chi connectivity index (χ0n) is 11.2. The van der Waals surface area contributed by atoms with Crippen LogP contribution in [0.15, 0.2) is 52.0 Å². The number of hydrogen-bond donors (Lipinski definition) is 1. The minimum absolute atomic E-state index is 0.157. The van der Waals surface area contributed by atoms with E-state index in [0.717, 1.165) is 4.47 Å². The smallest absolute Gasteiger partial charge is 0.277 e. The fourth-order valence-electron chi connectivity index (χ4n) is 1.54. The standard InChI is InChI=1S/C15H11BrCl2N2O2/c16-11-4-1-2-7-14(11)22-9-15(21)20-19-8-10-12(17)5-3-6-13(10)18/h1-8H,9H2,(H,20,21). The summed E-state index contributed by atoms with van der Waals surface area (Å²) in [6.07, 6.45) is 1.39. The Morgan fingerprint density at radius 1 is 1.18 bits per heavy atom. The number of halogens is 3. The normalized spacial score (nSPS) is 10.7. The predicted molar refractivity (Wildman–Crippen MR) is 91.8 cm³/mol. The van der Waals surface area contributed by atoms with Crippen molar-refractivity contribution in [3.8, 4) is 5.75 Å². The number of rotatable bonds is 5. The number of ether oxygens (including phenoxy) is 1. The number of hydrogen-bond acceptors (Lipinski definition) is 3. The zero-order chi connectivity index (χ0) is 15.9. The molecule has 0 saturated heterocycles. The zero-order valence-corrected chi connectivity index (χ0v) is 14.3. The molecule has 4 nitrogen and oxygen atoms in total. The van der Waals surface area contributed by atoms with Gasteiger partial charge in [-0.1, -0.05) is 41.4 Å². The molecule has 7 heteroatoms. The van der Waals surface area contributed by atoms with E-state index in [9.17, 15) is 4.79 Å². The molecule has 22 heavy (non-hydrogen) atoms. The summed E-state index contributed by atoms with van der Waals surface area (Å²) in [4.78, 5) is 11.7. The highest BCUT2D eigenvalue weighted by molar-refractivity contribution is 9.10. The first-order chi connectivity index (χ1) is 10.6. The Balaban J connectivity index is 1.88. The summed E-state index contributed by atoms with van der Waals surface area (Å²) < 4.78 is 6.14. The Morgan fingerprint density at radius 2 is 1.86 bits per heavy atom. The number of amides is 1. The van der Waals surface area contributed by atoms with Gasteiger partial charge >= 0.3 is 0 Å². The molecule has 2 rings (SSSR count). The molecular weight excluding hydrogens is 391 g/mol. The molecule has 1 N–H and O–H groups in total. The lowest BCUT2D eigenvalue weighted by molar-refractivity contribution is -0.123. The Labute approximate surface area is 146 Å². The van der Waals surface area contributed by atoms with Crippen LogP contribution in [0.25, 0.3) is 0 Å². The van der Waals surface area contributed by atoms with Gasteiger partial charge in [0.15, 0.2) is 6.61 Å². The average molecular weight is 402 g/mol. The fraction of sp³-hybridized carbons (Fsp3) is 0.0667. The number of nitrogens with zero attached hydrogens (tertiary/aromatic N) is 1. The lowest BCUT2D eigenvalue weighted by Gasteiger charge is -2.06. The summed E-state index contributed by atoms with van der Waals surface area (Å²) >= 11 is 15.3. The summed E-state index contributed by atoms with van der Waals surface area (Å²) in [5.74, 6) is 0.186. The number of nitrogens with one attached hydrogen (secondary N) is 1. The molecule has 0 heterocycles. The van der Waals surface area contributed by atoms with E-state index >= 15 is 0 Å². The van der Waals surface area contributed by atoms with Gasteiger partial charge in [-0.3, -0.25) is 4.79 Å². The van der Waals surface area contributed by atoms with Crippen LogP contribution in [0.3, 0.4) is 0 Å². The lowest BCUT2D eigenvalue weighted by Crippen LogP contribution is -2.24. The third kappa shape index (κ3) is 4.73. The second-order valence-electron chi connectivity index (χ2n) is 4.15. The highest BCUT2D eigenvalue weighted by atomic mass is 79.9.